The molecule has 28 heavy (non-hydrogen) atoms. The van der Waals surface area contributed by atoms with Gasteiger partial charge in [0.1, 0.15) is 11.2 Å². The smallest absolute Gasteiger partial charge is 0.334 e. The zero-order valence-electron chi connectivity index (χ0n) is 16.6. The largest absolute Gasteiger partial charge is 0.478 e. The quantitative estimate of drug-likeness (QED) is 0.716. The van der Waals surface area contributed by atoms with Crippen LogP contribution in [0.5, 0.6) is 0 Å². The molecular weight excluding hydrogens is 374 g/mol. The zero-order valence-corrected chi connectivity index (χ0v) is 17.5. The van der Waals surface area contributed by atoms with Crippen molar-refractivity contribution >= 4 is 17.7 Å². The van der Waals surface area contributed by atoms with Crippen molar-refractivity contribution in [2.75, 3.05) is 38.6 Å². The van der Waals surface area contributed by atoms with Crippen molar-refractivity contribution in [2.45, 2.75) is 32.1 Å². The molecule has 7 heteroatoms. The topological polar surface area (TPSA) is 65.9 Å². The summed E-state index contributed by atoms with van der Waals surface area (Å²) in [5, 5.41) is 9.69. The van der Waals surface area contributed by atoms with Gasteiger partial charge in [0, 0.05) is 32.0 Å². The van der Waals surface area contributed by atoms with Gasteiger partial charge >= 0.3 is 5.97 Å². The molecule has 152 valence electrons. The monoisotopic (exact) mass is 403 g/mol. The van der Waals surface area contributed by atoms with Crippen molar-refractivity contribution in [2.24, 2.45) is 0 Å². The average Bonchev–Trinajstić information content (AvgIpc) is 2.70. The Morgan fingerprint density at radius 3 is 2.68 bits per heavy atom. The number of nitrogens with zero attached hydrogens (tertiary/aromatic N) is 3. The fourth-order valence-electron chi connectivity index (χ4n) is 3.73. The number of carboxylic acids is 1. The lowest BCUT2D eigenvalue weighted by Crippen LogP contribution is -2.48. The average molecular weight is 404 g/mol. The van der Waals surface area contributed by atoms with E-state index in [1.165, 1.54) is 5.56 Å². The second-order valence-corrected chi connectivity index (χ2v) is 8.32. The second-order valence-electron chi connectivity index (χ2n) is 6.96. The molecule has 0 spiro atoms. The van der Waals surface area contributed by atoms with Crippen LogP contribution in [0.2, 0.25) is 0 Å². The van der Waals surface area contributed by atoms with Crippen LogP contribution in [0.4, 0.5) is 0 Å². The van der Waals surface area contributed by atoms with Gasteiger partial charge in [0.05, 0.1) is 18.8 Å². The molecule has 3 heterocycles. The number of thioether (sulfide) groups is 1. The Morgan fingerprint density at radius 2 is 2.04 bits per heavy atom. The summed E-state index contributed by atoms with van der Waals surface area (Å²) in [6.45, 7) is 7.92. The summed E-state index contributed by atoms with van der Waals surface area (Å²) in [7, 11) is 0. The number of hydrogen-bond acceptors (Lipinski definition) is 6. The van der Waals surface area contributed by atoms with Gasteiger partial charge in [-0.15, -0.1) is 11.8 Å². The first-order chi connectivity index (χ1) is 13.6. The summed E-state index contributed by atoms with van der Waals surface area (Å²) in [4.78, 5) is 20.7. The first-order valence-corrected chi connectivity index (χ1v) is 10.9. The van der Waals surface area contributed by atoms with E-state index in [4.69, 9.17) is 4.74 Å². The number of aliphatic carboxylic acids is 1. The fraction of sp³-hybridized carbons (Fsp3) is 0.524. The molecule has 1 atom stereocenters. The number of rotatable bonds is 8. The van der Waals surface area contributed by atoms with Crippen molar-refractivity contribution in [1.82, 2.24) is 14.8 Å². The highest BCUT2D eigenvalue weighted by Gasteiger charge is 2.35. The van der Waals surface area contributed by atoms with Gasteiger partial charge in [0.15, 0.2) is 0 Å². The lowest BCUT2D eigenvalue weighted by molar-refractivity contribution is -0.133. The molecule has 1 unspecified atom stereocenters. The summed E-state index contributed by atoms with van der Waals surface area (Å²) in [6.07, 6.45) is 7.59. The van der Waals surface area contributed by atoms with E-state index < -0.39 is 5.97 Å². The summed E-state index contributed by atoms with van der Waals surface area (Å²) < 4.78 is 5.52. The Morgan fingerprint density at radius 1 is 1.32 bits per heavy atom. The SMILES string of the molecule is CCSC1C(C(=O)O)=C(C)C=C(N2CCOCC2)N1CCCc1ccncc1. The van der Waals surface area contributed by atoms with Crippen LogP contribution < -0.4 is 0 Å². The molecule has 0 bridgehead atoms. The van der Waals surface area contributed by atoms with Crippen LogP contribution >= 0.6 is 11.8 Å². The van der Waals surface area contributed by atoms with Crippen molar-refractivity contribution in [3.8, 4) is 0 Å². The molecule has 2 aliphatic heterocycles. The van der Waals surface area contributed by atoms with Crippen molar-refractivity contribution in [1.29, 1.82) is 0 Å². The van der Waals surface area contributed by atoms with E-state index in [2.05, 4.69) is 21.7 Å². The maximum Gasteiger partial charge on any atom is 0.334 e. The van der Waals surface area contributed by atoms with E-state index in [0.29, 0.717) is 18.8 Å². The van der Waals surface area contributed by atoms with E-state index in [0.717, 1.165) is 49.6 Å². The molecule has 1 fully saturated rings. The molecule has 1 N–H and O–H groups in total. The van der Waals surface area contributed by atoms with Gasteiger partial charge in [0.25, 0.3) is 0 Å². The maximum atomic E-state index is 12.0. The molecule has 0 saturated carbocycles. The van der Waals surface area contributed by atoms with Crippen LogP contribution in [0.25, 0.3) is 0 Å². The summed E-state index contributed by atoms with van der Waals surface area (Å²) >= 11 is 1.69. The summed E-state index contributed by atoms with van der Waals surface area (Å²) in [6, 6.07) is 4.08. The van der Waals surface area contributed by atoms with E-state index in [1.807, 2.05) is 37.5 Å². The Kier molecular flexibility index (Phi) is 7.39. The molecule has 1 aromatic heterocycles. The number of ether oxygens (including phenoxy) is 1. The number of aromatic nitrogens is 1. The van der Waals surface area contributed by atoms with Crippen LogP contribution in [0.15, 0.2) is 47.6 Å². The molecule has 0 radical (unpaired) electrons. The Labute approximate surface area is 171 Å². The standard InChI is InChI=1S/C21H29N3O3S/c1-3-28-20-19(21(25)26)16(2)15-18(23-11-13-27-14-12-23)24(20)10-4-5-17-6-8-22-9-7-17/h6-9,15,20H,3-5,10-14H2,1-2H3,(H,25,26). The number of aryl methyl sites for hydroxylation is 1. The third-order valence-corrected chi connectivity index (χ3v) is 6.24. The molecule has 0 amide bonds. The molecule has 3 rings (SSSR count). The third-order valence-electron chi connectivity index (χ3n) is 5.10. The molecule has 6 nitrogen and oxygen atoms in total. The summed E-state index contributed by atoms with van der Waals surface area (Å²) in [5.74, 6) is 1.18. The van der Waals surface area contributed by atoms with Crippen LogP contribution in [0, 0.1) is 0 Å². The molecule has 1 aromatic rings. The van der Waals surface area contributed by atoms with Crippen LogP contribution in [-0.4, -0.2) is 69.8 Å². The van der Waals surface area contributed by atoms with Gasteiger partial charge in [-0.3, -0.25) is 4.98 Å². The minimum Gasteiger partial charge on any atom is -0.478 e. The number of morpholine rings is 1. The van der Waals surface area contributed by atoms with Gasteiger partial charge in [-0.05, 0) is 54.9 Å². The lowest BCUT2D eigenvalue weighted by atomic mass is 10.0. The highest BCUT2D eigenvalue weighted by atomic mass is 32.2. The number of pyridine rings is 1. The van der Waals surface area contributed by atoms with Crippen molar-refractivity contribution in [3.63, 3.8) is 0 Å². The van der Waals surface area contributed by atoms with E-state index in [9.17, 15) is 9.90 Å². The first kappa shape index (κ1) is 20.7. The number of carboxylic acid groups (broad SMARTS) is 1. The second kappa shape index (κ2) is 9.98. The minimum atomic E-state index is -0.820. The predicted octanol–water partition coefficient (Wildman–Crippen LogP) is 2.98. The van der Waals surface area contributed by atoms with Gasteiger partial charge < -0.3 is 19.6 Å². The van der Waals surface area contributed by atoms with Gasteiger partial charge in [0.2, 0.25) is 0 Å². The molecular formula is C21H29N3O3S. The first-order valence-electron chi connectivity index (χ1n) is 9.87. The highest BCUT2D eigenvalue weighted by molar-refractivity contribution is 8.00. The van der Waals surface area contributed by atoms with Gasteiger partial charge in [-0.25, -0.2) is 4.79 Å². The van der Waals surface area contributed by atoms with Crippen molar-refractivity contribution < 1.29 is 14.6 Å². The van der Waals surface area contributed by atoms with Gasteiger partial charge in [-0.1, -0.05) is 6.92 Å². The normalized spacial score (nSPS) is 20.4. The predicted molar refractivity (Wildman–Crippen MR) is 112 cm³/mol. The Hall–Kier alpha value is -1.99. The van der Waals surface area contributed by atoms with Crippen LogP contribution in [0.1, 0.15) is 25.8 Å². The van der Waals surface area contributed by atoms with E-state index in [1.54, 1.807) is 11.8 Å². The zero-order chi connectivity index (χ0) is 19.9. The van der Waals surface area contributed by atoms with E-state index in [-0.39, 0.29) is 5.37 Å². The minimum absolute atomic E-state index is 0.164. The molecule has 0 aromatic carbocycles. The highest BCUT2D eigenvalue weighted by Crippen LogP contribution is 2.35. The summed E-state index contributed by atoms with van der Waals surface area (Å²) in [5.41, 5.74) is 2.62. The lowest BCUT2D eigenvalue weighted by Gasteiger charge is -2.44. The molecule has 0 aliphatic carbocycles. The molecule has 1 saturated heterocycles. The van der Waals surface area contributed by atoms with Crippen LogP contribution in [-0.2, 0) is 16.0 Å². The number of allylic oxidation sites excluding steroid dienone is 2. The third kappa shape index (κ3) is 4.89. The number of carbonyl (C=O) groups is 1. The Bertz CT molecular complexity index is 730. The van der Waals surface area contributed by atoms with Crippen LogP contribution in [0.3, 0.4) is 0 Å². The van der Waals surface area contributed by atoms with Gasteiger partial charge in [-0.2, -0.15) is 0 Å². The fourth-order valence-corrected chi connectivity index (χ4v) is 4.89. The Balaban J connectivity index is 1.84. The maximum absolute atomic E-state index is 12.0. The van der Waals surface area contributed by atoms with Crippen molar-refractivity contribution in [3.05, 3.63) is 53.1 Å². The van der Waals surface area contributed by atoms with E-state index >= 15 is 0 Å². The molecule has 2 aliphatic rings. The number of hydrogen-bond donors (Lipinski definition) is 1.